The number of fused-ring (bicyclic) bond motifs is 1. The van der Waals surface area contributed by atoms with Gasteiger partial charge in [0.15, 0.2) is 0 Å². The number of hydrogen-bond acceptors (Lipinski definition) is 6. The van der Waals surface area contributed by atoms with Crippen LogP contribution in [0, 0.1) is 0 Å². The Labute approximate surface area is 191 Å². The van der Waals surface area contributed by atoms with Gasteiger partial charge in [-0.15, -0.1) is 0 Å². The third kappa shape index (κ3) is 4.74. The summed E-state index contributed by atoms with van der Waals surface area (Å²) in [7, 11) is 1.69. The number of imide groups is 1. The van der Waals surface area contributed by atoms with Crippen molar-refractivity contribution in [1.29, 1.82) is 0 Å². The second kappa shape index (κ2) is 8.57. The number of nitrogens with one attached hydrogen (secondary N) is 2. The van der Waals surface area contributed by atoms with Crippen LogP contribution in [0.4, 0.5) is 10.5 Å². The van der Waals surface area contributed by atoms with Crippen LogP contribution in [0.3, 0.4) is 0 Å². The molecule has 1 unspecified atom stereocenters. The number of ether oxygens (including phenoxy) is 1. The van der Waals surface area contributed by atoms with Crippen LogP contribution in [0.25, 0.3) is 11.0 Å². The van der Waals surface area contributed by atoms with Crippen LogP contribution in [0.5, 0.6) is 0 Å². The Kier molecular flexibility index (Phi) is 5.94. The molecule has 1 atom stereocenters. The topological polar surface area (TPSA) is 115 Å². The van der Waals surface area contributed by atoms with Gasteiger partial charge in [0.2, 0.25) is 11.8 Å². The van der Waals surface area contributed by atoms with E-state index >= 15 is 0 Å². The number of carbonyl (C=O) groups excluding carboxylic acids is 3. The zero-order valence-corrected chi connectivity index (χ0v) is 19.5. The van der Waals surface area contributed by atoms with Crippen molar-refractivity contribution in [2.24, 2.45) is 7.05 Å². The maximum absolute atomic E-state index is 12.9. The number of hydrogen-bond donors (Lipinski definition) is 2. The molecule has 4 rings (SSSR count). The molecule has 0 spiro atoms. The fourth-order valence-corrected chi connectivity index (χ4v) is 4.53. The highest BCUT2D eigenvalue weighted by atomic mass is 16.6. The Morgan fingerprint density at radius 2 is 1.79 bits per heavy atom. The number of benzene rings is 1. The van der Waals surface area contributed by atoms with Crippen molar-refractivity contribution in [3.63, 3.8) is 0 Å². The molecule has 2 saturated heterocycles. The fraction of sp³-hybridized carbons (Fsp3) is 0.565. The molecule has 178 valence electrons. The molecule has 2 aromatic rings. The molecular weight excluding hydrogens is 426 g/mol. The molecule has 0 radical (unpaired) electrons. The van der Waals surface area contributed by atoms with E-state index < -0.39 is 23.6 Å². The van der Waals surface area contributed by atoms with Crippen molar-refractivity contribution < 1.29 is 19.1 Å². The third-order valence-corrected chi connectivity index (χ3v) is 6.18. The van der Waals surface area contributed by atoms with E-state index in [1.807, 2.05) is 39.0 Å². The Bertz CT molecular complexity index is 1150. The van der Waals surface area contributed by atoms with Gasteiger partial charge in [0.25, 0.3) is 0 Å². The molecule has 3 amide bonds. The monoisotopic (exact) mass is 457 g/mol. The van der Waals surface area contributed by atoms with Gasteiger partial charge in [0, 0.05) is 38.3 Å². The molecule has 10 heteroatoms. The molecule has 10 nitrogen and oxygen atoms in total. The average Bonchev–Trinajstić information content (AvgIpc) is 2.97. The van der Waals surface area contributed by atoms with E-state index in [0.717, 1.165) is 37.1 Å². The van der Waals surface area contributed by atoms with Gasteiger partial charge in [-0.2, -0.15) is 0 Å². The maximum Gasteiger partial charge on any atom is 0.407 e. The van der Waals surface area contributed by atoms with Gasteiger partial charge in [-0.1, -0.05) is 0 Å². The van der Waals surface area contributed by atoms with Crippen LogP contribution in [-0.2, 0) is 21.4 Å². The summed E-state index contributed by atoms with van der Waals surface area (Å²) in [6.45, 7) is 7.03. The quantitative estimate of drug-likeness (QED) is 0.680. The SMILES string of the molecule is Cn1c(=O)n(C2CCC(=O)NC2=O)c2ccc(N3CCC(NC(=O)OC(C)(C)C)CC3)cc21. The Morgan fingerprint density at radius 3 is 2.42 bits per heavy atom. The van der Waals surface area contributed by atoms with Gasteiger partial charge in [-0.3, -0.25) is 24.0 Å². The third-order valence-electron chi connectivity index (χ3n) is 6.18. The highest BCUT2D eigenvalue weighted by molar-refractivity contribution is 6.00. The van der Waals surface area contributed by atoms with Crippen LogP contribution in [-0.4, -0.2) is 51.8 Å². The lowest BCUT2D eigenvalue weighted by Gasteiger charge is -2.34. The number of nitrogens with zero attached hydrogens (tertiary/aromatic N) is 3. The summed E-state index contributed by atoms with van der Waals surface area (Å²) in [6, 6.07) is 5.13. The summed E-state index contributed by atoms with van der Waals surface area (Å²) in [5, 5.41) is 5.27. The lowest BCUT2D eigenvalue weighted by atomic mass is 10.0. The van der Waals surface area contributed by atoms with Gasteiger partial charge in [-0.25, -0.2) is 9.59 Å². The lowest BCUT2D eigenvalue weighted by molar-refractivity contribution is -0.135. The average molecular weight is 458 g/mol. The van der Waals surface area contributed by atoms with Gasteiger partial charge >= 0.3 is 11.8 Å². The molecule has 33 heavy (non-hydrogen) atoms. The minimum absolute atomic E-state index is 0.0535. The highest BCUT2D eigenvalue weighted by Crippen LogP contribution is 2.28. The lowest BCUT2D eigenvalue weighted by Crippen LogP contribution is -2.46. The van der Waals surface area contributed by atoms with Crippen molar-refractivity contribution >= 4 is 34.6 Å². The van der Waals surface area contributed by atoms with Crippen LogP contribution in [0.1, 0.15) is 52.5 Å². The van der Waals surface area contributed by atoms with E-state index in [4.69, 9.17) is 4.74 Å². The molecule has 3 heterocycles. The van der Waals surface area contributed by atoms with E-state index in [-0.39, 0.29) is 24.1 Å². The Morgan fingerprint density at radius 1 is 1.09 bits per heavy atom. The Hall–Kier alpha value is -3.30. The second-order valence-electron chi connectivity index (χ2n) is 9.76. The summed E-state index contributed by atoms with van der Waals surface area (Å²) in [6.07, 6.45) is 1.70. The molecule has 2 N–H and O–H groups in total. The van der Waals surface area contributed by atoms with Gasteiger partial charge < -0.3 is 15.0 Å². The normalized spacial score (nSPS) is 20.1. The van der Waals surface area contributed by atoms with Crippen molar-refractivity contribution in [1.82, 2.24) is 19.8 Å². The molecular formula is C23H31N5O5. The van der Waals surface area contributed by atoms with Gasteiger partial charge in [-0.05, 0) is 58.2 Å². The number of rotatable bonds is 3. The first-order chi connectivity index (χ1) is 15.5. The smallest absolute Gasteiger partial charge is 0.407 e. The number of amides is 3. The first-order valence-electron chi connectivity index (χ1n) is 11.3. The first kappa shape index (κ1) is 22.9. The molecule has 2 aliphatic heterocycles. The van der Waals surface area contributed by atoms with Crippen LogP contribution < -0.4 is 21.2 Å². The van der Waals surface area contributed by atoms with E-state index in [9.17, 15) is 19.2 Å². The summed E-state index contributed by atoms with van der Waals surface area (Å²) >= 11 is 0. The molecule has 2 fully saturated rings. The molecule has 1 aromatic heterocycles. The molecule has 0 aliphatic carbocycles. The molecule has 0 saturated carbocycles. The number of alkyl carbamates (subject to hydrolysis) is 1. The zero-order valence-electron chi connectivity index (χ0n) is 19.5. The highest BCUT2D eigenvalue weighted by Gasteiger charge is 2.31. The minimum Gasteiger partial charge on any atom is -0.444 e. The second-order valence-corrected chi connectivity index (χ2v) is 9.76. The predicted molar refractivity (Wildman–Crippen MR) is 123 cm³/mol. The van der Waals surface area contributed by atoms with Gasteiger partial charge in [0.1, 0.15) is 11.6 Å². The van der Waals surface area contributed by atoms with Crippen molar-refractivity contribution in [3.8, 4) is 0 Å². The summed E-state index contributed by atoms with van der Waals surface area (Å²) in [4.78, 5) is 51.1. The molecule has 2 aliphatic rings. The van der Waals surface area contributed by atoms with E-state index in [1.165, 1.54) is 4.57 Å². The molecule has 1 aromatic carbocycles. The number of aryl methyl sites for hydroxylation is 1. The number of carbonyl (C=O) groups is 3. The van der Waals surface area contributed by atoms with Crippen molar-refractivity contribution in [2.45, 2.75) is 64.1 Å². The van der Waals surface area contributed by atoms with Crippen molar-refractivity contribution in [3.05, 3.63) is 28.7 Å². The van der Waals surface area contributed by atoms with Crippen LogP contribution in [0.15, 0.2) is 23.0 Å². The largest absolute Gasteiger partial charge is 0.444 e. The number of imidazole rings is 1. The standard InChI is InChI=1S/C23H31N5O5/c1-23(2,3)33-21(31)24-14-9-11-27(12-10-14)15-5-6-16-18(13-15)26(4)22(32)28(16)17-7-8-19(29)25-20(17)30/h5-6,13-14,17H,7-12H2,1-4H3,(H,24,31)(H,25,29,30). The Balaban J connectivity index is 1.49. The zero-order chi connectivity index (χ0) is 23.9. The summed E-state index contributed by atoms with van der Waals surface area (Å²) in [5.41, 5.74) is 1.57. The van der Waals surface area contributed by atoms with Gasteiger partial charge in [0.05, 0.1) is 11.0 Å². The maximum atomic E-state index is 12.9. The fourth-order valence-electron chi connectivity index (χ4n) is 4.53. The van der Waals surface area contributed by atoms with E-state index in [0.29, 0.717) is 11.9 Å². The minimum atomic E-state index is -0.695. The number of piperidine rings is 2. The van der Waals surface area contributed by atoms with Crippen LogP contribution in [0.2, 0.25) is 0 Å². The van der Waals surface area contributed by atoms with E-state index in [1.54, 1.807) is 11.6 Å². The summed E-state index contributed by atoms with van der Waals surface area (Å²) < 4.78 is 8.37. The first-order valence-corrected chi connectivity index (χ1v) is 11.3. The van der Waals surface area contributed by atoms with E-state index in [2.05, 4.69) is 15.5 Å². The molecule has 0 bridgehead atoms. The number of anilines is 1. The van der Waals surface area contributed by atoms with Crippen molar-refractivity contribution in [2.75, 3.05) is 18.0 Å². The summed E-state index contributed by atoms with van der Waals surface area (Å²) in [5.74, 6) is -0.749. The number of aromatic nitrogens is 2. The van der Waals surface area contributed by atoms with Crippen LogP contribution >= 0.6 is 0 Å². The predicted octanol–water partition coefficient (Wildman–Crippen LogP) is 1.81.